The van der Waals surface area contributed by atoms with Gasteiger partial charge in [-0.1, -0.05) is 35.6 Å². The molecule has 30 heavy (non-hydrogen) atoms. The fourth-order valence-electron chi connectivity index (χ4n) is 2.92. The van der Waals surface area contributed by atoms with Crippen molar-refractivity contribution in [3.05, 3.63) is 83.9 Å². The van der Waals surface area contributed by atoms with Crippen LogP contribution in [0.15, 0.2) is 72.8 Å². The van der Waals surface area contributed by atoms with Gasteiger partial charge < -0.3 is 10.1 Å². The number of carbonyl (C=O) groups excluding carboxylic acids is 2. The molecule has 2 amide bonds. The molecule has 4 aromatic rings. The Morgan fingerprint density at radius 1 is 0.900 bits per heavy atom. The van der Waals surface area contributed by atoms with Gasteiger partial charge in [0.2, 0.25) is 0 Å². The van der Waals surface area contributed by atoms with E-state index in [-0.39, 0.29) is 11.8 Å². The van der Waals surface area contributed by atoms with Crippen LogP contribution in [0.25, 0.3) is 10.2 Å². The second-order valence-electron chi connectivity index (χ2n) is 6.44. The predicted molar refractivity (Wildman–Crippen MR) is 120 cm³/mol. The number of hydrogen-bond acceptors (Lipinski definition) is 5. The summed E-state index contributed by atoms with van der Waals surface area (Å²) in [6.07, 6.45) is 0. The monoisotopic (exact) mass is 417 g/mol. The van der Waals surface area contributed by atoms with Gasteiger partial charge in [0.05, 0.1) is 16.8 Å². The second-order valence-corrected chi connectivity index (χ2v) is 7.47. The van der Waals surface area contributed by atoms with Crippen molar-refractivity contribution >= 4 is 44.2 Å². The average molecular weight is 417 g/mol. The first-order valence-electron chi connectivity index (χ1n) is 9.43. The largest absolute Gasteiger partial charge is 0.494 e. The first-order chi connectivity index (χ1) is 14.6. The molecule has 0 bridgehead atoms. The molecule has 1 aromatic heterocycles. The van der Waals surface area contributed by atoms with Crippen molar-refractivity contribution in [3.8, 4) is 5.75 Å². The zero-order valence-electron chi connectivity index (χ0n) is 16.2. The summed E-state index contributed by atoms with van der Waals surface area (Å²) in [5.74, 6) is 0.243. The number of nitrogens with zero attached hydrogens (tertiary/aromatic N) is 1. The van der Waals surface area contributed by atoms with Crippen LogP contribution < -0.4 is 15.4 Å². The highest BCUT2D eigenvalue weighted by Gasteiger charge is 2.12. The quantitative estimate of drug-likeness (QED) is 0.452. The molecule has 0 unspecified atom stereocenters. The summed E-state index contributed by atoms with van der Waals surface area (Å²) in [4.78, 5) is 29.5. The van der Waals surface area contributed by atoms with Crippen molar-refractivity contribution in [2.45, 2.75) is 6.92 Å². The fourth-order valence-corrected chi connectivity index (χ4v) is 3.80. The third-order valence-corrected chi connectivity index (χ3v) is 5.24. The minimum atomic E-state index is -0.296. The van der Waals surface area contributed by atoms with Crippen molar-refractivity contribution in [3.63, 3.8) is 0 Å². The molecule has 150 valence electrons. The number of benzene rings is 3. The van der Waals surface area contributed by atoms with Crippen LogP contribution in [0.1, 0.15) is 27.6 Å². The lowest BCUT2D eigenvalue weighted by molar-refractivity contribution is 0.101. The van der Waals surface area contributed by atoms with E-state index in [1.165, 1.54) is 11.3 Å². The molecular formula is C23H19N3O3S. The van der Waals surface area contributed by atoms with Gasteiger partial charge in [-0.15, -0.1) is 0 Å². The molecule has 6 nitrogen and oxygen atoms in total. The Bertz CT molecular complexity index is 1200. The maximum atomic E-state index is 12.7. The maximum absolute atomic E-state index is 12.7. The predicted octanol–water partition coefficient (Wildman–Crippen LogP) is 5.20. The van der Waals surface area contributed by atoms with Crippen LogP contribution in [-0.2, 0) is 0 Å². The number of ether oxygens (including phenoxy) is 1. The van der Waals surface area contributed by atoms with Gasteiger partial charge in [-0.25, -0.2) is 4.98 Å². The van der Waals surface area contributed by atoms with Gasteiger partial charge in [-0.3, -0.25) is 14.9 Å². The molecule has 3 aromatic carbocycles. The zero-order valence-corrected chi connectivity index (χ0v) is 17.0. The highest BCUT2D eigenvalue weighted by atomic mass is 32.1. The van der Waals surface area contributed by atoms with Crippen LogP contribution in [0.4, 0.5) is 10.8 Å². The minimum Gasteiger partial charge on any atom is -0.494 e. The van der Waals surface area contributed by atoms with E-state index in [0.717, 1.165) is 16.0 Å². The molecule has 0 aliphatic heterocycles. The zero-order chi connectivity index (χ0) is 20.9. The van der Waals surface area contributed by atoms with Crippen molar-refractivity contribution in [2.75, 3.05) is 17.2 Å². The van der Waals surface area contributed by atoms with Crippen LogP contribution in [0, 0.1) is 0 Å². The number of anilines is 2. The van der Waals surface area contributed by atoms with Gasteiger partial charge in [0.1, 0.15) is 5.75 Å². The Labute approximate surface area is 177 Å². The van der Waals surface area contributed by atoms with Crippen LogP contribution >= 0.6 is 11.3 Å². The molecule has 0 fully saturated rings. The summed E-state index contributed by atoms with van der Waals surface area (Å²) in [5, 5.41) is 6.14. The van der Waals surface area contributed by atoms with Gasteiger partial charge in [-0.2, -0.15) is 0 Å². The van der Waals surface area contributed by atoms with E-state index >= 15 is 0 Å². The summed E-state index contributed by atoms with van der Waals surface area (Å²) < 4.78 is 6.44. The number of rotatable bonds is 6. The maximum Gasteiger partial charge on any atom is 0.257 e. The van der Waals surface area contributed by atoms with E-state index < -0.39 is 0 Å². The standard InChI is InChI=1S/C23H19N3O3S/c1-2-29-18-11-12-19-20(14-18)30-23(25-19)26-22(28)16-9-6-10-17(13-16)24-21(27)15-7-4-3-5-8-15/h3-14H,2H2,1H3,(H,24,27)(H,25,26,28). The molecule has 0 radical (unpaired) electrons. The third kappa shape index (κ3) is 4.47. The van der Waals surface area contributed by atoms with Gasteiger partial charge in [0.15, 0.2) is 5.13 Å². The van der Waals surface area contributed by atoms with Crippen LogP contribution in [0.5, 0.6) is 5.75 Å². The Kier molecular flexibility index (Phi) is 5.72. The molecule has 0 saturated carbocycles. The van der Waals surface area contributed by atoms with Crippen molar-refractivity contribution in [2.24, 2.45) is 0 Å². The number of hydrogen-bond donors (Lipinski definition) is 2. The number of carbonyl (C=O) groups is 2. The van der Waals surface area contributed by atoms with E-state index in [0.29, 0.717) is 28.6 Å². The number of amides is 2. The second kappa shape index (κ2) is 8.75. The Balaban J connectivity index is 1.48. The summed E-state index contributed by atoms with van der Waals surface area (Å²) in [5.41, 5.74) is 2.31. The normalized spacial score (nSPS) is 10.6. The highest BCUT2D eigenvalue weighted by molar-refractivity contribution is 7.22. The van der Waals surface area contributed by atoms with E-state index in [2.05, 4.69) is 15.6 Å². The van der Waals surface area contributed by atoms with E-state index in [4.69, 9.17) is 4.74 Å². The SMILES string of the molecule is CCOc1ccc2nc(NC(=O)c3cccc(NC(=O)c4ccccc4)c3)sc2c1. The van der Waals surface area contributed by atoms with Crippen LogP contribution in [0.2, 0.25) is 0 Å². The Morgan fingerprint density at radius 2 is 1.67 bits per heavy atom. The Morgan fingerprint density at radius 3 is 2.47 bits per heavy atom. The minimum absolute atomic E-state index is 0.232. The topological polar surface area (TPSA) is 80.3 Å². The molecule has 4 rings (SSSR count). The lowest BCUT2D eigenvalue weighted by Gasteiger charge is -2.07. The first-order valence-corrected chi connectivity index (χ1v) is 10.3. The first kappa shape index (κ1) is 19.6. The summed E-state index contributed by atoms with van der Waals surface area (Å²) in [7, 11) is 0. The number of aromatic nitrogens is 1. The summed E-state index contributed by atoms with van der Waals surface area (Å²) in [6.45, 7) is 2.52. The van der Waals surface area contributed by atoms with Gasteiger partial charge >= 0.3 is 0 Å². The lowest BCUT2D eigenvalue weighted by atomic mass is 10.1. The molecular weight excluding hydrogens is 398 g/mol. The smallest absolute Gasteiger partial charge is 0.257 e. The van der Waals surface area contributed by atoms with Crippen LogP contribution in [0.3, 0.4) is 0 Å². The number of thiazole rings is 1. The molecule has 0 aliphatic carbocycles. The van der Waals surface area contributed by atoms with Gasteiger partial charge in [0, 0.05) is 16.8 Å². The molecule has 2 N–H and O–H groups in total. The van der Waals surface area contributed by atoms with Crippen molar-refractivity contribution < 1.29 is 14.3 Å². The molecule has 7 heteroatoms. The average Bonchev–Trinajstić information content (AvgIpc) is 3.16. The van der Waals surface area contributed by atoms with Crippen molar-refractivity contribution in [1.82, 2.24) is 4.98 Å². The summed E-state index contributed by atoms with van der Waals surface area (Å²) >= 11 is 1.38. The molecule has 0 spiro atoms. The van der Waals surface area contributed by atoms with Gasteiger partial charge in [-0.05, 0) is 55.5 Å². The molecule has 1 heterocycles. The lowest BCUT2D eigenvalue weighted by Crippen LogP contribution is -2.14. The number of nitrogens with one attached hydrogen (secondary N) is 2. The Hall–Kier alpha value is -3.71. The van der Waals surface area contributed by atoms with Crippen LogP contribution in [-0.4, -0.2) is 23.4 Å². The van der Waals surface area contributed by atoms with Crippen molar-refractivity contribution in [1.29, 1.82) is 0 Å². The molecule has 0 atom stereocenters. The van der Waals surface area contributed by atoms with Gasteiger partial charge in [0.25, 0.3) is 11.8 Å². The highest BCUT2D eigenvalue weighted by Crippen LogP contribution is 2.29. The molecule has 0 aliphatic rings. The van der Waals surface area contributed by atoms with E-state index in [9.17, 15) is 9.59 Å². The fraction of sp³-hybridized carbons (Fsp3) is 0.0870. The third-order valence-electron chi connectivity index (χ3n) is 4.31. The van der Waals surface area contributed by atoms with E-state index in [1.807, 2.05) is 31.2 Å². The number of fused-ring (bicyclic) bond motifs is 1. The summed E-state index contributed by atoms with van der Waals surface area (Å²) in [6, 6.07) is 21.3. The van der Waals surface area contributed by atoms with E-state index in [1.54, 1.807) is 48.5 Å². The molecule has 0 saturated heterocycles.